The number of ether oxygens (including phenoxy) is 1. The predicted octanol–water partition coefficient (Wildman–Crippen LogP) is 7.34. The Labute approximate surface area is 244 Å². The lowest BCUT2D eigenvalue weighted by Crippen LogP contribution is -2.34. The van der Waals surface area contributed by atoms with Gasteiger partial charge >= 0.3 is 5.97 Å². The van der Waals surface area contributed by atoms with E-state index >= 15 is 0 Å². The van der Waals surface area contributed by atoms with E-state index in [9.17, 15) is 14.4 Å². The number of hydrogen-bond acceptors (Lipinski definition) is 4. The average Bonchev–Trinajstić information content (AvgIpc) is 3.73. The van der Waals surface area contributed by atoms with Crippen molar-refractivity contribution >= 4 is 52.4 Å². The number of nitrogens with zero attached hydrogens (tertiary/aromatic N) is 1. The molecule has 3 aromatic carbocycles. The Hall–Kier alpha value is -3.55. The highest BCUT2D eigenvalue weighted by molar-refractivity contribution is 6.34. The van der Waals surface area contributed by atoms with Gasteiger partial charge in [0.25, 0.3) is 0 Å². The Morgan fingerprint density at radius 2 is 1.60 bits per heavy atom. The van der Waals surface area contributed by atoms with E-state index in [-0.39, 0.29) is 36.1 Å². The predicted molar refractivity (Wildman–Crippen MR) is 159 cm³/mol. The van der Waals surface area contributed by atoms with E-state index in [1.54, 1.807) is 41.3 Å². The summed E-state index contributed by atoms with van der Waals surface area (Å²) in [6.45, 7) is 5.92. The molecule has 3 aromatic rings. The van der Waals surface area contributed by atoms with Crippen molar-refractivity contribution in [3.8, 4) is 16.9 Å². The van der Waals surface area contributed by atoms with E-state index in [2.05, 4.69) is 26.1 Å². The number of carbonyl (C=O) groups excluding carboxylic acids is 2. The molecule has 2 amide bonds. The molecule has 0 saturated heterocycles. The molecule has 9 heteroatoms. The van der Waals surface area contributed by atoms with Gasteiger partial charge in [-0.25, -0.2) is 4.79 Å². The lowest BCUT2D eigenvalue weighted by atomic mass is 9.87. The summed E-state index contributed by atoms with van der Waals surface area (Å²) < 4.78 is 5.16. The van der Waals surface area contributed by atoms with Gasteiger partial charge in [0.05, 0.1) is 21.4 Å². The zero-order chi connectivity index (χ0) is 29.0. The van der Waals surface area contributed by atoms with Crippen LogP contribution in [0.1, 0.15) is 52.0 Å². The maximum absolute atomic E-state index is 13.2. The lowest BCUT2D eigenvalue weighted by molar-refractivity contribution is -0.139. The highest BCUT2D eigenvalue weighted by Gasteiger charge is 2.35. The molecule has 0 aromatic heterocycles. The number of hydrogen-bond donors (Lipinski definition) is 2. The van der Waals surface area contributed by atoms with E-state index in [0.717, 1.165) is 29.5 Å². The summed E-state index contributed by atoms with van der Waals surface area (Å²) in [5, 5.41) is 12.4. The minimum atomic E-state index is -1.05. The van der Waals surface area contributed by atoms with Crippen molar-refractivity contribution in [3.05, 3.63) is 76.3 Å². The summed E-state index contributed by atoms with van der Waals surface area (Å²) in [6, 6.07) is 18.1. The number of anilines is 2. The highest BCUT2D eigenvalue weighted by Crippen LogP contribution is 2.38. The molecule has 1 aliphatic carbocycles. The van der Waals surface area contributed by atoms with Crippen LogP contribution in [0.4, 0.5) is 11.4 Å². The van der Waals surface area contributed by atoms with Crippen molar-refractivity contribution in [2.75, 3.05) is 16.8 Å². The largest absolute Gasteiger partial charge is 0.482 e. The number of carboxylic acid groups (broad SMARTS) is 1. The first-order valence-corrected chi connectivity index (χ1v) is 13.8. The second-order valence-electron chi connectivity index (χ2n) is 10.9. The van der Waals surface area contributed by atoms with Crippen LogP contribution in [-0.2, 0) is 19.8 Å². The van der Waals surface area contributed by atoms with Crippen LogP contribution in [0.3, 0.4) is 0 Å². The fourth-order valence-electron chi connectivity index (χ4n) is 4.27. The molecule has 2 N–H and O–H groups in total. The van der Waals surface area contributed by atoms with Crippen LogP contribution in [0.25, 0.3) is 11.1 Å². The SMILES string of the molecule is CC(C)(C)c1ccc(N(C(=O)CCC(=O)Nc2ccc(-c3ccc(OCC(=O)O)cc3)cc2Cl)C2CC2)c(Cl)c1. The molecule has 0 unspecified atom stereocenters. The lowest BCUT2D eigenvalue weighted by Gasteiger charge is -2.26. The smallest absolute Gasteiger partial charge is 0.341 e. The van der Waals surface area contributed by atoms with Gasteiger partial charge in [-0.05, 0) is 71.3 Å². The van der Waals surface area contributed by atoms with Gasteiger partial charge in [0.2, 0.25) is 11.8 Å². The van der Waals surface area contributed by atoms with Gasteiger partial charge < -0.3 is 20.1 Å². The van der Waals surface area contributed by atoms with Crippen molar-refractivity contribution in [1.29, 1.82) is 0 Å². The van der Waals surface area contributed by atoms with Crippen LogP contribution < -0.4 is 15.0 Å². The molecule has 40 heavy (non-hydrogen) atoms. The normalized spacial score (nSPS) is 13.0. The Kier molecular flexibility index (Phi) is 9.06. The van der Waals surface area contributed by atoms with Gasteiger partial charge in [-0.2, -0.15) is 0 Å². The molecule has 1 saturated carbocycles. The van der Waals surface area contributed by atoms with Gasteiger partial charge in [0, 0.05) is 18.9 Å². The quantitative estimate of drug-likeness (QED) is 0.261. The molecule has 0 atom stereocenters. The van der Waals surface area contributed by atoms with Gasteiger partial charge in [-0.15, -0.1) is 0 Å². The number of nitrogens with one attached hydrogen (secondary N) is 1. The summed E-state index contributed by atoms with van der Waals surface area (Å²) in [5.41, 5.74) is 3.83. The van der Waals surface area contributed by atoms with Gasteiger partial charge in [-0.1, -0.05) is 68.2 Å². The van der Waals surface area contributed by atoms with Crippen molar-refractivity contribution in [3.63, 3.8) is 0 Å². The summed E-state index contributed by atoms with van der Waals surface area (Å²) in [7, 11) is 0. The molecular formula is C31H32Cl2N2O5. The van der Waals surface area contributed by atoms with E-state index < -0.39 is 12.6 Å². The second-order valence-corrected chi connectivity index (χ2v) is 11.7. The number of aliphatic carboxylic acids is 1. The first-order valence-electron chi connectivity index (χ1n) is 13.1. The highest BCUT2D eigenvalue weighted by atomic mass is 35.5. The van der Waals surface area contributed by atoms with Crippen LogP contribution in [0, 0.1) is 0 Å². The van der Waals surface area contributed by atoms with E-state index in [1.165, 1.54) is 0 Å². The van der Waals surface area contributed by atoms with Crippen LogP contribution >= 0.6 is 23.2 Å². The molecule has 0 aliphatic heterocycles. The number of carboxylic acids is 1. The van der Waals surface area contributed by atoms with E-state index in [0.29, 0.717) is 27.2 Å². The first-order chi connectivity index (χ1) is 18.9. The molecule has 1 aliphatic rings. The van der Waals surface area contributed by atoms with Gasteiger partial charge in [-0.3, -0.25) is 9.59 Å². The zero-order valence-corrected chi connectivity index (χ0v) is 24.2. The molecule has 1 fully saturated rings. The third kappa shape index (κ3) is 7.55. The van der Waals surface area contributed by atoms with Gasteiger partial charge in [0.15, 0.2) is 6.61 Å². The van der Waals surface area contributed by atoms with Crippen LogP contribution in [0.5, 0.6) is 5.75 Å². The molecular weight excluding hydrogens is 551 g/mol. The van der Waals surface area contributed by atoms with Crippen LogP contribution in [-0.4, -0.2) is 35.5 Å². The van der Waals surface area contributed by atoms with Gasteiger partial charge in [0.1, 0.15) is 5.75 Å². The van der Waals surface area contributed by atoms with Crippen LogP contribution in [0.15, 0.2) is 60.7 Å². The fraction of sp³-hybridized carbons (Fsp3) is 0.323. The minimum absolute atomic E-state index is 0.00956. The molecule has 4 rings (SSSR count). The van der Waals surface area contributed by atoms with E-state index in [1.807, 2.05) is 24.3 Å². The van der Waals surface area contributed by atoms with Crippen LogP contribution in [0.2, 0.25) is 10.0 Å². The second kappa shape index (κ2) is 12.3. The minimum Gasteiger partial charge on any atom is -0.482 e. The molecule has 0 radical (unpaired) electrons. The standard InChI is InChI=1S/C31H32Cl2N2O5/c1-31(2,3)21-7-13-27(25(33)17-21)35(22-8-9-22)29(37)15-14-28(36)34-26-12-6-20(16-24(26)32)19-4-10-23(11-5-19)40-18-30(38)39/h4-7,10-13,16-17,22H,8-9,14-15,18H2,1-3H3,(H,34,36)(H,38,39). The average molecular weight is 584 g/mol. The molecule has 7 nitrogen and oxygen atoms in total. The third-order valence-corrected chi connectivity index (χ3v) is 7.23. The first kappa shape index (κ1) is 29.4. The fourth-order valence-corrected chi connectivity index (χ4v) is 4.77. The Morgan fingerprint density at radius 3 is 2.17 bits per heavy atom. The number of amides is 2. The summed E-state index contributed by atoms with van der Waals surface area (Å²) in [5.74, 6) is -1.05. The molecule has 0 heterocycles. The number of carbonyl (C=O) groups is 3. The maximum Gasteiger partial charge on any atom is 0.341 e. The third-order valence-electron chi connectivity index (χ3n) is 6.61. The Morgan fingerprint density at radius 1 is 0.925 bits per heavy atom. The molecule has 0 spiro atoms. The zero-order valence-electron chi connectivity index (χ0n) is 22.7. The summed E-state index contributed by atoms with van der Waals surface area (Å²) in [6.07, 6.45) is 1.88. The molecule has 210 valence electrons. The number of rotatable bonds is 10. The number of halogens is 2. The Bertz CT molecular complexity index is 1410. The monoisotopic (exact) mass is 582 g/mol. The number of benzene rings is 3. The Balaban J connectivity index is 1.36. The van der Waals surface area contributed by atoms with E-state index in [4.69, 9.17) is 33.0 Å². The van der Waals surface area contributed by atoms with Crippen molar-refractivity contribution in [2.24, 2.45) is 0 Å². The summed E-state index contributed by atoms with van der Waals surface area (Å²) >= 11 is 13.1. The topological polar surface area (TPSA) is 95.9 Å². The van der Waals surface area contributed by atoms with Crippen molar-refractivity contribution < 1.29 is 24.2 Å². The van der Waals surface area contributed by atoms with Crippen molar-refractivity contribution in [2.45, 2.75) is 57.9 Å². The van der Waals surface area contributed by atoms with Crippen molar-refractivity contribution in [1.82, 2.24) is 0 Å². The molecule has 0 bridgehead atoms. The maximum atomic E-state index is 13.2. The summed E-state index contributed by atoms with van der Waals surface area (Å²) in [4.78, 5) is 38.3.